The Hall–Kier alpha value is -1.55. The lowest BCUT2D eigenvalue weighted by atomic mass is 10.1. The minimum absolute atomic E-state index is 0.232. The highest BCUT2D eigenvalue weighted by atomic mass is 32.2. The van der Waals surface area contributed by atoms with Gasteiger partial charge in [0.15, 0.2) is 0 Å². The maximum atomic E-state index is 12.2. The van der Waals surface area contributed by atoms with Crippen LogP contribution >= 0.6 is 0 Å². The van der Waals surface area contributed by atoms with Crippen LogP contribution in [0, 0.1) is 18.8 Å². The topological polar surface area (TPSA) is 75.4 Å². The summed E-state index contributed by atoms with van der Waals surface area (Å²) in [6, 6.07) is 5.44. The zero-order valence-electron chi connectivity index (χ0n) is 12.1. The lowest BCUT2D eigenvalue weighted by Crippen LogP contribution is -2.35. The van der Waals surface area contributed by atoms with Gasteiger partial charge in [0.1, 0.15) is 0 Å². The van der Waals surface area contributed by atoms with Gasteiger partial charge in [0.25, 0.3) is 0 Å². The molecule has 0 saturated heterocycles. The predicted molar refractivity (Wildman–Crippen MR) is 82.6 cm³/mol. The maximum absolute atomic E-state index is 12.2. The number of anilines is 1. The van der Waals surface area contributed by atoms with Gasteiger partial charge >= 0.3 is 10.2 Å². The Bertz CT molecular complexity index is 611. The number of rotatable bonds is 5. The smallest absolute Gasteiger partial charge is 0.301 e. The molecule has 5 nitrogen and oxygen atoms in total. The highest BCUT2D eigenvalue weighted by Gasteiger charge is 2.19. The van der Waals surface area contributed by atoms with Gasteiger partial charge in [-0.3, -0.25) is 4.72 Å². The molecule has 0 aromatic heterocycles. The molecule has 110 valence electrons. The first kappa shape index (κ1) is 16.5. The SMILES string of the molecule is CCN(CC)S(=O)(=O)Nc1cc(C)ccc1C#CCN. The molecular formula is C14H21N3O2S. The molecule has 0 heterocycles. The Morgan fingerprint density at radius 2 is 1.95 bits per heavy atom. The van der Waals surface area contributed by atoms with Crippen molar-refractivity contribution in [2.45, 2.75) is 20.8 Å². The fourth-order valence-corrected chi connectivity index (χ4v) is 3.02. The summed E-state index contributed by atoms with van der Waals surface area (Å²) in [4.78, 5) is 0. The van der Waals surface area contributed by atoms with Crippen molar-refractivity contribution in [1.82, 2.24) is 4.31 Å². The highest BCUT2D eigenvalue weighted by Crippen LogP contribution is 2.19. The molecule has 1 rings (SSSR count). The van der Waals surface area contributed by atoms with Crippen LogP contribution in [0.1, 0.15) is 25.0 Å². The summed E-state index contributed by atoms with van der Waals surface area (Å²) in [5.41, 5.74) is 7.42. The van der Waals surface area contributed by atoms with Crippen molar-refractivity contribution < 1.29 is 8.42 Å². The van der Waals surface area contributed by atoms with Gasteiger partial charge in [-0.1, -0.05) is 31.8 Å². The van der Waals surface area contributed by atoms with Gasteiger partial charge in [0.05, 0.1) is 12.2 Å². The molecule has 0 aliphatic heterocycles. The fourth-order valence-electron chi connectivity index (χ4n) is 1.76. The molecule has 0 atom stereocenters. The molecule has 1 aromatic rings. The van der Waals surface area contributed by atoms with E-state index >= 15 is 0 Å². The van der Waals surface area contributed by atoms with Crippen LogP contribution in [0.25, 0.3) is 0 Å². The monoisotopic (exact) mass is 295 g/mol. The molecule has 0 aliphatic carbocycles. The summed E-state index contributed by atoms with van der Waals surface area (Å²) in [6.45, 7) is 6.57. The Kier molecular flexibility index (Phi) is 6.02. The van der Waals surface area contributed by atoms with E-state index in [0.717, 1.165) is 5.56 Å². The number of hydrogen-bond acceptors (Lipinski definition) is 3. The number of nitrogens with two attached hydrogens (primary N) is 1. The molecule has 0 amide bonds. The van der Waals surface area contributed by atoms with Crippen molar-refractivity contribution in [2.75, 3.05) is 24.4 Å². The summed E-state index contributed by atoms with van der Waals surface area (Å²) in [5.74, 6) is 5.61. The van der Waals surface area contributed by atoms with Crippen molar-refractivity contribution in [3.8, 4) is 11.8 Å². The fraction of sp³-hybridized carbons (Fsp3) is 0.429. The van der Waals surface area contributed by atoms with Gasteiger partial charge in [-0.05, 0) is 24.6 Å². The number of benzene rings is 1. The Morgan fingerprint density at radius 1 is 1.30 bits per heavy atom. The summed E-state index contributed by atoms with van der Waals surface area (Å²) in [5, 5.41) is 0. The molecule has 3 N–H and O–H groups in total. The van der Waals surface area contributed by atoms with E-state index in [0.29, 0.717) is 24.3 Å². The van der Waals surface area contributed by atoms with Crippen LogP contribution < -0.4 is 10.5 Å². The summed E-state index contributed by atoms with van der Waals surface area (Å²) in [7, 11) is -3.56. The van der Waals surface area contributed by atoms with E-state index < -0.39 is 10.2 Å². The molecule has 0 aliphatic rings. The number of aryl methyl sites for hydroxylation is 1. The molecule has 0 fully saturated rings. The van der Waals surface area contributed by atoms with E-state index in [1.165, 1.54) is 4.31 Å². The average Bonchev–Trinajstić information content (AvgIpc) is 2.38. The molecule has 1 aromatic carbocycles. The second kappa shape index (κ2) is 7.29. The minimum Gasteiger partial charge on any atom is -0.320 e. The third kappa shape index (κ3) is 4.23. The first-order valence-corrected chi connectivity index (χ1v) is 7.96. The molecule has 20 heavy (non-hydrogen) atoms. The molecule has 6 heteroatoms. The van der Waals surface area contributed by atoms with E-state index in [-0.39, 0.29) is 6.54 Å². The van der Waals surface area contributed by atoms with Crippen molar-refractivity contribution >= 4 is 15.9 Å². The average molecular weight is 295 g/mol. The quantitative estimate of drug-likeness (QED) is 0.804. The molecule has 0 bridgehead atoms. The molecular weight excluding hydrogens is 274 g/mol. The number of hydrogen-bond donors (Lipinski definition) is 2. The van der Waals surface area contributed by atoms with E-state index in [1.807, 2.05) is 13.0 Å². The van der Waals surface area contributed by atoms with Gasteiger partial charge in [-0.15, -0.1) is 0 Å². The molecule has 0 saturated carbocycles. The molecule has 0 spiro atoms. The minimum atomic E-state index is -3.56. The van der Waals surface area contributed by atoms with Crippen LogP contribution in [-0.2, 0) is 10.2 Å². The lowest BCUT2D eigenvalue weighted by Gasteiger charge is -2.20. The van der Waals surface area contributed by atoms with Gasteiger partial charge in [0, 0.05) is 18.7 Å². The number of nitrogens with zero attached hydrogens (tertiary/aromatic N) is 1. The van der Waals surface area contributed by atoms with E-state index in [2.05, 4.69) is 16.6 Å². The van der Waals surface area contributed by atoms with Gasteiger partial charge in [-0.25, -0.2) is 0 Å². The van der Waals surface area contributed by atoms with Crippen LogP contribution in [0.4, 0.5) is 5.69 Å². The zero-order valence-corrected chi connectivity index (χ0v) is 12.9. The third-order valence-corrected chi connectivity index (χ3v) is 4.46. The van der Waals surface area contributed by atoms with Crippen molar-refractivity contribution in [1.29, 1.82) is 0 Å². The van der Waals surface area contributed by atoms with E-state index in [4.69, 9.17) is 5.73 Å². The van der Waals surface area contributed by atoms with Gasteiger partial charge in [0.2, 0.25) is 0 Å². The first-order chi connectivity index (χ1) is 9.44. The van der Waals surface area contributed by atoms with Gasteiger partial charge in [-0.2, -0.15) is 12.7 Å². The molecule has 0 radical (unpaired) electrons. The van der Waals surface area contributed by atoms with Crippen LogP contribution in [-0.4, -0.2) is 32.4 Å². The Balaban J connectivity index is 3.16. The van der Waals surface area contributed by atoms with Gasteiger partial charge < -0.3 is 5.73 Å². The standard InChI is InChI=1S/C14H21N3O2S/c1-4-17(5-2)20(18,19)16-14-11-12(3)8-9-13(14)7-6-10-15/h8-9,11,16H,4-5,10,15H2,1-3H3. The highest BCUT2D eigenvalue weighted by molar-refractivity contribution is 7.90. The second-order valence-corrected chi connectivity index (χ2v) is 5.92. The first-order valence-electron chi connectivity index (χ1n) is 6.52. The van der Waals surface area contributed by atoms with Crippen molar-refractivity contribution in [3.05, 3.63) is 29.3 Å². The Morgan fingerprint density at radius 3 is 2.50 bits per heavy atom. The largest absolute Gasteiger partial charge is 0.320 e. The predicted octanol–water partition coefficient (Wildman–Crippen LogP) is 1.30. The molecule has 0 unspecified atom stereocenters. The van der Waals surface area contributed by atoms with E-state index in [9.17, 15) is 8.42 Å². The van der Waals surface area contributed by atoms with Crippen LogP contribution in [0.2, 0.25) is 0 Å². The maximum Gasteiger partial charge on any atom is 0.301 e. The Labute approximate surface area is 121 Å². The summed E-state index contributed by atoms with van der Waals surface area (Å²) in [6.07, 6.45) is 0. The van der Waals surface area contributed by atoms with Crippen molar-refractivity contribution in [2.24, 2.45) is 5.73 Å². The number of nitrogens with one attached hydrogen (secondary N) is 1. The van der Waals surface area contributed by atoms with E-state index in [1.54, 1.807) is 26.0 Å². The zero-order chi connectivity index (χ0) is 15.2. The van der Waals surface area contributed by atoms with Crippen LogP contribution in [0.15, 0.2) is 18.2 Å². The van der Waals surface area contributed by atoms with Crippen molar-refractivity contribution in [3.63, 3.8) is 0 Å². The lowest BCUT2D eigenvalue weighted by molar-refractivity contribution is 0.449. The van der Waals surface area contributed by atoms with Crippen LogP contribution in [0.5, 0.6) is 0 Å². The third-order valence-electron chi connectivity index (χ3n) is 2.78. The van der Waals surface area contributed by atoms with Crippen LogP contribution in [0.3, 0.4) is 0 Å². The normalized spacial score (nSPS) is 11.1. The summed E-state index contributed by atoms with van der Waals surface area (Å²) >= 11 is 0. The second-order valence-electron chi connectivity index (χ2n) is 4.25. The summed E-state index contributed by atoms with van der Waals surface area (Å²) < 4.78 is 28.4.